The molecule has 0 saturated carbocycles. The summed E-state index contributed by atoms with van der Waals surface area (Å²) in [6.45, 7) is 0. The zero-order valence-electron chi connectivity index (χ0n) is 9.25. The second kappa shape index (κ2) is 5.44. The molecule has 0 bridgehead atoms. The van der Waals surface area contributed by atoms with Crippen LogP contribution >= 0.6 is 11.8 Å². The van der Waals surface area contributed by atoms with Gasteiger partial charge in [-0.2, -0.15) is 9.97 Å². The van der Waals surface area contributed by atoms with Crippen molar-refractivity contribution in [2.24, 2.45) is 0 Å². The predicted molar refractivity (Wildman–Crippen MR) is 60.1 cm³/mol. The van der Waals surface area contributed by atoms with E-state index >= 15 is 0 Å². The summed E-state index contributed by atoms with van der Waals surface area (Å²) in [6, 6.07) is 6.84. The van der Waals surface area contributed by atoms with Crippen molar-refractivity contribution >= 4 is 11.8 Å². The monoisotopic (exact) mass is 249 g/mol. The molecule has 0 N–H and O–H groups in total. The average molecular weight is 249 g/mol. The van der Waals surface area contributed by atoms with Gasteiger partial charge in [0.25, 0.3) is 0 Å². The van der Waals surface area contributed by atoms with Crippen molar-refractivity contribution in [2.75, 3.05) is 14.2 Å². The van der Waals surface area contributed by atoms with E-state index < -0.39 is 0 Å². The molecule has 0 aromatic carbocycles. The van der Waals surface area contributed by atoms with Crippen molar-refractivity contribution in [1.29, 1.82) is 0 Å². The average Bonchev–Trinajstić information content (AvgIpc) is 2.39. The molecule has 0 aliphatic rings. The lowest BCUT2D eigenvalue weighted by molar-refractivity contribution is 0.332. The van der Waals surface area contributed by atoms with Gasteiger partial charge in [0.05, 0.1) is 14.2 Å². The summed E-state index contributed by atoms with van der Waals surface area (Å²) < 4.78 is 9.91. The Bertz CT molecular complexity index is 473. The van der Waals surface area contributed by atoms with Gasteiger partial charge in [-0.1, -0.05) is 6.07 Å². The van der Waals surface area contributed by atoms with Gasteiger partial charge in [0.1, 0.15) is 5.03 Å². The van der Waals surface area contributed by atoms with Gasteiger partial charge < -0.3 is 9.47 Å². The van der Waals surface area contributed by atoms with E-state index in [1.807, 2.05) is 6.07 Å². The van der Waals surface area contributed by atoms with Crippen LogP contribution in [0.3, 0.4) is 0 Å². The minimum absolute atomic E-state index is 0.210. The summed E-state index contributed by atoms with van der Waals surface area (Å²) in [5.41, 5.74) is 0. The number of hydrogen-bond donors (Lipinski definition) is 0. The summed E-state index contributed by atoms with van der Waals surface area (Å²) in [6.07, 6.45) is 1.58. The Morgan fingerprint density at radius 3 is 2.35 bits per heavy atom. The number of aromatic nitrogens is 4. The third-order valence-electron chi connectivity index (χ3n) is 1.72. The van der Waals surface area contributed by atoms with Crippen molar-refractivity contribution in [1.82, 2.24) is 19.9 Å². The summed E-state index contributed by atoms with van der Waals surface area (Å²) in [5, 5.41) is 1.23. The van der Waals surface area contributed by atoms with Crippen molar-refractivity contribution in [2.45, 2.75) is 10.2 Å². The van der Waals surface area contributed by atoms with Gasteiger partial charge in [-0.3, -0.25) is 0 Å². The summed E-state index contributed by atoms with van der Waals surface area (Å²) in [5.74, 6) is 0. The normalized spacial score (nSPS) is 10.0. The lowest BCUT2D eigenvalue weighted by atomic mass is 10.5. The van der Waals surface area contributed by atoms with Crippen LogP contribution in [0.1, 0.15) is 0 Å². The Kier molecular flexibility index (Phi) is 3.71. The molecule has 87 valence electrons. The minimum atomic E-state index is 0.210. The van der Waals surface area contributed by atoms with Gasteiger partial charge in [-0.15, -0.1) is 4.98 Å². The minimum Gasteiger partial charge on any atom is -0.467 e. The summed E-state index contributed by atoms with van der Waals surface area (Å²) in [7, 11) is 2.97. The largest absolute Gasteiger partial charge is 0.467 e. The number of hydrogen-bond acceptors (Lipinski definition) is 7. The van der Waals surface area contributed by atoms with Gasteiger partial charge in [0.15, 0.2) is 0 Å². The van der Waals surface area contributed by atoms with Crippen LogP contribution in [0.15, 0.2) is 28.5 Å². The molecule has 0 aliphatic heterocycles. The molecule has 0 unspecified atom stereocenters. The molecule has 6 nitrogen and oxygen atoms in total. The van der Waals surface area contributed by atoms with Crippen LogP contribution < -0.4 is 9.47 Å². The van der Waals surface area contributed by atoms with Crippen molar-refractivity contribution in [3.63, 3.8) is 0 Å². The number of methoxy groups -OCH3 is 2. The molecule has 0 spiro atoms. The number of rotatable bonds is 4. The highest BCUT2D eigenvalue weighted by Crippen LogP contribution is 2.24. The van der Waals surface area contributed by atoms with E-state index in [4.69, 9.17) is 9.47 Å². The number of pyridine rings is 1. The van der Waals surface area contributed by atoms with Crippen LogP contribution in [0.2, 0.25) is 0 Å². The van der Waals surface area contributed by atoms with Crippen LogP contribution in [0, 0.1) is 6.07 Å². The molecule has 0 aliphatic carbocycles. The molecule has 2 aromatic rings. The van der Waals surface area contributed by atoms with Crippen LogP contribution in [0.4, 0.5) is 0 Å². The van der Waals surface area contributed by atoms with E-state index in [1.54, 1.807) is 12.3 Å². The van der Waals surface area contributed by atoms with Crippen molar-refractivity contribution < 1.29 is 9.47 Å². The second-order valence-corrected chi connectivity index (χ2v) is 3.78. The molecule has 7 heteroatoms. The first kappa shape index (κ1) is 11.6. The molecule has 17 heavy (non-hydrogen) atoms. The van der Waals surface area contributed by atoms with Crippen LogP contribution in [0.5, 0.6) is 12.0 Å². The highest BCUT2D eigenvalue weighted by molar-refractivity contribution is 7.99. The Hall–Kier alpha value is -1.89. The third kappa shape index (κ3) is 3.04. The SMILES string of the molecule is COc1nc(OC)nc(Sc2cc[c]cn2)n1. The highest BCUT2D eigenvalue weighted by Gasteiger charge is 2.08. The molecule has 0 saturated heterocycles. The fourth-order valence-electron chi connectivity index (χ4n) is 1.01. The fourth-order valence-corrected chi connectivity index (χ4v) is 1.68. The second-order valence-electron chi connectivity index (χ2n) is 2.79. The van der Waals surface area contributed by atoms with E-state index in [0.29, 0.717) is 5.16 Å². The van der Waals surface area contributed by atoms with Gasteiger partial charge in [0.2, 0.25) is 5.16 Å². The first-order valence-electron chi connectivity index (χ1n) is 4.66. The molecule has 1 radical (unpaired) electrons. The molecule has 2 rings (SSSR count). The summed E-state index contributed by atoms with van der Waals surface area (Å²) >= 11 is 1.29. The van der Waals surface area contributed by atoms with E-state index in [2.05, 4.69) is 26.0 Å². The van der Waals surface area contributed by atoms with Crippen LogP contribution in [-0.4, -0.2) is 34.2 Å². The van der Waals surface area contributed by atoms with Crippen LogP contribution in [-0.2, 0) is 0 Å². The Morgan fingerprint density at radius 2 is 1.82 bits per heavy atom. The maximum absolute atomic E-state index is 4.95. The van der Waals surface area contributed by atoms with Gasteiger partial charge >= 0.3 is 12.0 Å². The third-order valence-corrected chi connectivity index (χ3v) is 2.54. The topological polar surface area (TPSA) is 70.0 Å². The van der Waals surface area contributed by atoms with Gasteiger partial charge in [-0.05, 0) is 17.8 Å². The van der Waals surface area contributed by atoms with E-state index in [1.165, 1.54) is 26.0 Å². The van der Waals surface area contributed by atoms with Gasteiger partial charge in [-0.25, -0.2) is 4.98 Å². The standard InChI is InChI=1S/C10H9N4O2S/c1-15-8-12-9(16-2)14-10(13-8)17-7-5-3-4-6-11-7/h3,5-6H,1-2H3. The Balaban J connectivity index is 2.26. The van der Waals surface area contributed by atoms with Crippen molar-refractivity contribution in [3.05, 3.63) is 24.4 Å². The van der Waals surface area contributed by atoms with E-state index in [0.717, 1.165) is 5.03 Å². The quantitative estimate of drug-likeness (QED) is 0.807. The van der Waals surface area contributed by atoms with Gasteiger partial charge in [0, 0.05) is 12.3 Å². The predicted octanol–water partition coefficient (Wildman–Crippen LogP) is 1.24. The zero-order valence-corrected chi connectivity index (χ0v) is 10.1. The maximum atomic E-state index is 4.95. The lowest BCUT2D eigenvalue weighted by Gasteiger charge is -2.03. The maximum Gasteiger partial charge on any atom is 0.323 e. The first-order valence-corrected chi connectivity index (χ1v) is 5.47. The number of ether oxygens (including phenoxy) is 2. The molecular weight excluding hydrogens is 240 g/mol. The Labute approximate surface area is 102 Å². The smallest absolute Gasteiger partial charge is 0.323 e. The molecule has 0 fully saturated rings. The molecule has 0 atom stereocenters. The molecule has 0 amide bonds. The van der Waals surface area contributed by atoms with E-state index in [9.17, 15) is 0 Å². The Morgan fingerprint density at radius 1 is 1.12 bits per heavy atom. The number of nitrogens with zero attached hydrogens (tertiary/aromatic N) is 4. The lowest BCUT2D eigenvalue weighted by Crippen LogP contribution is -2.00. The molecular formula is C10H9N4O2S. The molecule has 2 heterocycles. The zero-order chi connectivity index (χ0) is 12.1. The first-order chi connectivity index (χ1) is 8.31. The highest BCUT2D eigenvalue weighted by atomic mass is 32.2. The molecule has 2 aromatic heterocycles. The summed E-state index contributed by atoms with van der Waals surface area (Å²) in [4.78, 5) is 16.2. The van der Waals surface area contributed by atoms with E-state index in [-0.39, 0.29) is 12.0 Å². The van der Waals surface area contributed by atoms with Crippen molar-refractivity contribution in [3.8, 4) is 12.0 Å². The fraction of sp³-hybridized carbons (Fsp3) is 0.200. The van der Waals surface area contributed by atoms with Crippen LogP contribution in [0.25, 0.3) is 0 Å².